The summed E-state index contributed by atoms with van der Waals surface area (Å²) in [5.41, 5.74) is 1.03. The summed E-state index contributed by atoms with van der Waals surface area (Å²) in [5, 5.41) is 3.03. The number of nitrogens with zero attached hydrogens (tertiary/aromatic N) is 1. The van der Waals surface area contributed by atoms with Crippen LogP contribution in [0.25, 0.3) is 0 Å². The molecule has 0 radical (unpaired) electrons. The number of carbonyl (C=O) groups is 1. The Morgan fingerprint density at radius 2 is 1.81 bits per heavy atom. The molecule has 1 N–H and O–H groups in total. The number of halogens is 1. The number of carbonyl (C=O) groups excluding carboxylic acids is 1. The number of anilines is 1. The van der Waals surface area contributed by atoms with Crippen LogP contribution in [0.5, 0.6) is 0 Å². The molecular formula is C12H9ClN2O. The summed E-state index contributed by atoms with van der Waals surface area (Å²) in [6.45, 7) is 0. The van der Waals surface area contributed by atoms with E-state index in [-0.39, 0.29) is 5.91 Å². The second kappa shape index (κ2) is 4.77. The lowest BCUT2D eigenvalue weighted by Crippen LogP contribution is -2.13. The molecule has 0 unspecified atom stereocenters. The van der Waals surface area contributed by atoms with Crippen molar-refractivity contribution in [3.8, 4) is 0 Å². The Morgan fingerprint density at radius 3 is 2.50 bits per heavy atom. The molecule has 2 aromatic rings. The van der Waals surface area contributed by atoms with E-state index in [9.17, 15) is 4.79 Å². The smallest absolute Gasteiger partial charge is 0.274 e. The van der Waals surface area contributed by atoms with Gasteiger partial charge in [-0.05, 0) is 24.3 Å². The van der Waals surface area contributed by atoms with E-state index in [1.54, 1.807) is 18.2 Å². The van der Waals surface area contributed by atoms with E-state index < -0.39 is 0 Å². The molecule has 0 saturated heterocycles. The fraction of sp³-hybridized carbons (Fsp3) is 0. The van der Waals surface area contributed by atoms with Crippen molar-refractivity contribution in [2.24, 2.45) is 0 Å². The summed E-state index contributed by atoms with van der Waals surface area (Å²) in [6, 6.07) is 14.1. The Balaban J connectivity index is 2.15. The van der Waals surface area contributed by atoms with Crippen LogP contribution in [0.1, 0.15) is 10.5 Å². The Bertz CT molecular complexity index is 499. The zero-order chi connectivity index (χ0) is 11.4. The molecule has 2 rings (SSSR count). The quantitative estimate of drug-likeness (QED) is 0.809. The SMILES string of the molecule is O=C(Nc1ccccc1)c1cccc(Cl)n1. The lowest BCUT2D eigenvalue weighted by atomic mass is 10.3. The maximum atomic E-state index is 11.7. The average molecular weight is 233 g/mol. The molecule has 0 fully saturated rings. The molecule has 0 saturated carbocycles. The number of hydrogen-bond acceptors (Lipinski definition) is 2. The predicted molar refractivity (Wildman–Crippen MR) is 63.6 cm³/mol. The Hall–Kier alpha value is -1.87. The third-order valence-corrected chi connectivity index (χ3v) is 2.19. The van der Waals surface area contributed by atoms with Crippen LogP contribution in [0.15, 0.2) is 48.5 Å². The van der Waals surface area contributed by atoms with E-state index in [1.807, 2.05) is 30.3 Å². The summed E-state index contributed by atoms with van der Waals surface area (Å²) in [5.74, 6) is -0.270. The molecule has 1 amide bonds. The van der Waals surface area contributed by atoms with Crippen molar-refractivity contribution in [3.05, 3.63) is 59.4 Å². The van der Waals surface area contributed by atoms with Crippen molar-refractivity contribution in [3.63, 3.8) is 0 Å². The van der Waals surface area contributed by atoms with Crippen LogP contribution in [0.2, 0.25) is 5.15 Å². The summed E-state index contributed by atoms with van der Waals surface area (Å²) < 4.78 is 0. The maximum Gasteiger partial charge on any atom is 0.274 e. The van der Waals surface area contributed by atoms with Crippen LogP contribution in [0.3, 0.4) is 0 Å². The van der Waals surface area contributed by atoms with E-state index >= 15 is 0 Å². The van der Waals surface area contributed by atoms with Crippen molar-refractivity contribution in [1.82, 2.24) is 4.98 Å². The fourth-order valence-corrected chi connectivity index (χ4v) is 1.42. The maximum absolute atomic E-state index is 11.7. The van der Waals surface area contributed by atoms with Gasteiger partial charge in [0, 0.05) is 5.69 Å². The molecule has 0 atom stereocenters. The van der Waals surface area contributed by atoms with Crippen molar-refractivity contribution in [2.45, 2.75) is 0 Å². The van der Waals surface area contributed by atoms with Gasteiger partial charge in [0.25, 0.3) is 5.91 Å². The van der Waals surface area contributed by atoms with Gasteiger partial charge in [0.05, 0.1) is 0 Å². The van der Waals surface area contributed by atoms with Gasteiger partial charge in [0.15, 0.2) is 0 Å². The molecule has 3 nitrogen and oxygen atoms in total. The number of para-hydroxylation sites is 1. The van der Waals surface area contributed by atoms with Gasteiger partial charge in [-0.15, -0.1) is 0 Å². The van der Waals surface area contributed by atoms with Gasteiger partial charge in [-0.1, -0.05) is 35.9 Å². The molecule has 16 heavy (non-hydrogen) atoms. The van der Waals surface area contributed by atoms with Crippen LogP contribution in [-0.4, -0.2) is 10.9 Å². The minimum atomic E-state index is -0.270. The number of rotatable bonds is 2. The molecule has 4 heteroatoms. The topological polar surface area (TPSA) is 42.0 Å². The molecule has 80 valence electrons. The fourth-order valence-electron chi connectivity index (χ4n) is 1.25. The van der Waals surface area contributed by atoms with Crippen LogP contribution in [0.4, 0.5) is 5.69 Å². The highest BCUT2D eigenvalue weighted by Gasteiger charge is 2.07. The minimum absolute atomic E-state index is 0.270. The first-order valence-electron chi connectivity index (χ1n) is 4.75. The third-order valence-electron chi connectivity index (χ3n) is 1.98. The molecule has 0 aliphatic rings. The Morgan fingerprint density at radius 1 is 1.06 bits per heavy atom. The zero-order valence-corrected chi connectivity index (χ0v) is 9.11. The molecule has 0 aliphatic heterocycles. The van der Waals surface area contributed by atoms with Gasteiger partial charge >= 0.3 is 0 Å². The Labute approximate surface area is 98.1 Å². The van der Waals surface area contributed by atoms with Crippen LogP contribution in [0, 0.1) is 0 Å². The van der Waals surface area contributed by atoms with Crippen LogP contribution >= 0.6 is 11.6 Å². The van der Waals surface area contributed by atoms with Crippen LogP contribution < -0.4 is 5.32 Å². The summed E-state index contributed by atoms with van der Waals surface area (Å²) in [6.07, 6.45) is 0. The molecule has 0 aliphatic carbocycles. The van der Waals surface area contributed by atoms with Gasteiger partial charge < -0.3 is 5.32 Å². The summed E-state index contributed by atoms with van der Waals surface area (Å²) in [7, 11) is 0. The van der Waals surface area contributed by atoms with E-state index in [0.29, 0.717) is 10.8 Å². The van der Waals surface area contributed by atoms with Gasteiger partial charge in [0.2, 0.25) is 0 Å². The third kappa shape index (κ3) is 2.58. The first-order valence-corrected chi connectivity index (χ1v) is 5.12. The van der Waals surface area contributed by atoms with E-state index in [2.05, 4.69) is 10.3 Å². The lowest BCUT2D eigenvalue weighted by Gasteiger charge is -2.03. The summed E-state index contributed by atoms with van der Waals surface area (Å²) >= 11 is 5.70. The normalized spacial score (nSPS) is 9.81. The van der Waals surface area contributed by atoms with Crippen LogP contribution in [-0.2, 0) is 0 Å². The molecule has 1 aromatic heterocycles. The zero-order valence-electron chi connectivity index (χ0n) is 8.35. The second-order valence-corrected chi connectivity index (χ2v) is 3.55. The number of nitrogens with one attached hydrogen (secondary N) is 1. The minimum Gasteiger partial charge on any atom is -0.321 e. The van der Waals surface area contributed by atoms with Gasteiger partial charge in [-0.3, -0.25) is 4.79 Å². The highest BCUT2D eigenvalue weighted by Crippen LogP contribution is 2.09. The largest absolute Gasteiger partial charge is 0.321 e. The van der Waals surface area contributed by atoms with Crippen molar-refractivity contribution in [2.75, 3.05) is 5.32 Å². The first-order chi connectivity index (χ1) is 7.75. The highest BCUT2D eigenvalue weighted by atomic mass is 35.5. The predicted octanol–water partition coefficient (Wildman–Crippen LogP) is 2.99. The van der Waals surface area contributed by atoms with Crippen molar-refractivity contribution < 1.29 is 4.79 Å². The number of aromatic nitrogens is 1. The first kappa shape index (κ1) is 10.6. The van der Waals surface area contributed by atoms with E-state index in [0.717, 1.165) is 5.69 Å². The van der Waals surface area contributed by atoms with Crippen molar-refractivity contribution in [1.29, 1.82) is 0 Å². The number of amides is 1. The average Bonchev–Trinajstić information content (AvgIpc) is 2.30. The highest BCUT2D eigenvalue weighted by molar-refractivity contribution is 6.29. The van der Waals surface area contributed by atoms with Gasteiger partial charge in [0.1, 0.15) is 10.8 Å². The van der Waals surface area contributed by atoms with E-state index in [4.69, 9.17) is 11.6 Å². The van der Waals surface area contributed by atoms with E-state index in [1.165, 1.54) is 0 Å². The second-order valence-electron chi connectivity index (χ2n) is 3.17. The molecule has 0 spiro atoms. The number of hydrogen-bond donors (Lipinski definition) is 1. The van der Waals surface area contributed by atoms with Gasteiger partial charge in [-0.25, -0.2) is 4.98 Å². The standard InChI is InChI=1S/C12H9ClN2O/c13-11-8-4-7-10(15-11)12(16)14-9-5-2-1-3-6-9/h1-8H,(H,14,16). The molecule has 1 aromatic carbocycles. The lowest BCUT2D eigenvalue weighted by molar-refractivity contribution is 0.102. The number of pyridine rings is 1. The molecular weight excluding hydrogens is 224 g/mol. The molecule has 0 bridgehead atoms. The monoisotopic (exact) mass is 232 g/mol. The number of benzene rings is 1. The molecule has 1 heterocycles. The van der Waals surface area contributed by atoms with Gasteiger partial charge in [-0.2, -0.15) is 0 Å². The summed E-state index contributed by atoms with van der Waals surface area (Å²) in [4.78, 5) is 15.7. The van der Waals surface area contributed by atoms with Crippen molar-refractivity contribution >= 4 is 23.2 Å². The Kier molecular flexibility index (Phi) is 3.17.